The summed E-state index contributed by atoms with van der Waals surface area (Å²) in [6.45, 7) is 8.25. The molecule has 7 nitrogen and oxygen atoms in total. The Bertz CT molecular complexity index is 995. The van der Waals surface area contributed by atoms with Crippen molar-refractivity contribution in [2.75, 3.05) is 17.2 Å². The molecule has 2 aromatic rings. The van der Waals surface area contributed by atoms with Crippen LogP contribution in [0, 0.1) is 13.8 Å². The Morgan fingerprint density at radius 1 is 1.28 bits per heavy atom. The maximum absolute atomic E-state index is 13.8. The second-order valence-electron chi connectivity index (χ2n) is 7.95. The number of nitrogens with one attached hydrogen (secondary N) is 3. The molecule has 29 heavy (non-hydrogen) atoms. The Hall–Kier alpha value is -2.21. The molecule has 1 fully saturated rings. The van der Waals surface area contributed by atoms with Crippen LogP contribution in [-0.2, 0) is 20.3 Å². The molecular weight excluding hydrogens is 387 g/mol. The molecule has 1 aromatic heterocycles. The highest BCUT2D eigenvalue weighted by Crippen LogP contribution is 2.61. The Labute approximate surface area is 171 Å². The Morgan fingerprint density at radius 3 is 2.76 bits per heavy atom. The first kappa shape index (κ1) is 20.1. The van der Waals surface area contributed by atoms with Gasteiger partial charge in [0.2, 0.25) is 5.91 Å². The molecule has 2 aliphatic rings. The van der Waals surface area contributed by atoms with Crippen molar-refractivity contribution in [1.82, 2.24) is 10.1 Å². The fourth-order valence-corrected chi connectivity index (χ4v) is 6.62. The molecule has 1 aromatic carbocycles. The first-order valence-electron chi connectivity index (χ1n) is 9.92. The van der Waals surface area contributed by atoms with Gasteiger partial charge in [0.05, 0.1) is 29.6 Å². The molecule has 1 amide bonds. The first-order chi connectivity index (χ1) is 13.7. The van der Waals surface area contributed by atoms with E-state index in [4.69, 9.17) is 4.52 Å². The molecule has 0 spiro atoms. The molecule has 4 atom stereocenters. The van der Waals surface area contributed by atoms with Crippen LogP contribution in [0.5, 0.6) is 0 Å². The van der Waals surface area contributed by atoms with Crippen molar-refractivity contribution in [1.29, 1.82) is 0 Å². The number of aryl methyl sites for hydroxylation is 2. The number of hydrogen-bond acceptors (Lipinski definition) is 5. The smallest absolute Gasteiger partial charge is 0.279 e. The second kappa shape index (κ2) is 7.56. The summed E-state index contributed by atoms with van der Waals surface area (Å²) in [7, 11) is -3.15. The van der Waals surface area contributed by atoms with Crippen LogP contribution in [0.3, 0.4) is 0 Å². The summed E-state index contributed by atoms with van der Waals surface area (Å²) < 4.78 is 19.8. The van der Waals surface area contributed by atoms with Gasteiger partial charge in [-0.3, -0.25) is 14.3 Å². The van der Waals surface area contributed by atoms with E-state index < -0.39 is 13.2 Å². The average molecular weight is 414 g/mol. The van der Waals surface area contributed by atoms with Gasteiger partial charge in [-0.1, -0.05) is 12.1 Å². The largest absolute Gasteiger partial charge is 0.382 e. The molecule has 3 N–H and O–H groups in total. The third-order valence-corrected chi connectivity index (χ3v) is 8.39. The van der Waals surface area contributed by atoms with E-state index in [1.54, 1.807) is 0 Å². The van der Waals surface area contributed by atoms with Crippen LogP contribution in [0.4, 0.5) is 11.4 Å². The molecule has 8 heteroatoms. The van der Waals surface area contributed by atoms with E-state index in [9.17, 15) is 9.36 Å². The summed E-state index contributed by atoms with van der Waals surface area (Å²) in [6.07, 6.45) is 0.208. The number of amides is 1. The van der Waals surface area contributed by atoms with Crippen molar-refractivity contribution in [3.8, 4) is 0 Å². The van der Waals surface area contributed by atoms with Crippen LogP contribution in [0.25, 0.3) is 0 Å². The number of hydrogen-bond donors (Lipinski definition) is 3. The normalized spacial score (nSPS) is 26.8. The van der Waals surface area contributed by atoms with E-state index >= 15 is 0 Å². The van der Waals surface area contributed by atoms with Gasteiger partial charge in [0, 0.05) is 24.0 Å². The predicted octanol–water partition coefficient (Wildman–Crippen LogP) is 3.94. The Morgan fingerprint density at radius 2 is 2.07 bits per heavy atom. The second-order valence-corrected chi connectivity index (χ2v) is 10.2. The van der Waals surface area contributed by atoms with Crippen molar-refractivity contribution in [2.45, 2.75) is 51.9 Å². The monoisotopic (exact) mass is 414 g/mol. The number of carbonyl (C=O) groups is 1. The van der Waals surface area contributed by atoms with Crippen LogP contribution >= 0.6 is 7.52 Å². The van der Waals surface area contributed by atoms with Crippen LogP contribution in [0.2, 0.25) is 0 Å². The van der Waals surface area contributed by atoms with Crippen LogP contribution in [-0.4, -0.2) is 29.6 Å². The van der Waals surface area contributed by atoms with Crippen molar-refractivity contribution in [3.05, 3.63) is 52.8 Å². The number of rotatable bonds is 5. The summed E-state index contributed by atoms with van der Waals surface area (Å²) in [4.78, 5) is 16.2. The van der Waals surface area contributed by atoms with E-state index in [2.05, 4.69) is 20.7 Å². The highest BCUT2D eigenvalue weighted by Gasteiger charge is 2.45. The Balaban J connectivity index is 1.66. The third kappa shape index (κ3) is 3.95. The number of fused-ring (bicyclic) bond motifs is 1. The zero-order valence-corrected chi connectivity index (χ0v) is 18.0. The van der Waals surface area contributed by atoms with E-state index in [1.165, 1.54) is 0 Å². The molecule has 1 saturated heterocycles. The molecule has 0 radical (unpaired) electrons. The molecule has 2 aliphatic heterocycles. The van der Waals surface area contributed by atoms with Crippen molar-refractivity contribution < 1.29 is 13.9 Å². The van der Waals surface area contributed by atoms with Gasteiger partial charge < -0.3 is 15.2 Å². The zero-order valence-electron chi connectivity index (χ0n) is 17.2. The number of pyridine rings is 1. The SMILES string of the molecule is Cc1ccc(NCC(c2ccc3c(c2)CC(=O)N3)P2(=O)N[C@@H](C)[C@H](C)O2)c(C)n1. The van der Waals surface area contributed by atoms with Gasteiger partial charge in [-0.05, 0) is 57.0 Å². The van der Waals surface area contributed by atoms with E-state index in [-0.39, 0.29) is 18.1 Å². The summed E-state index contributed by atoms with van der Waals surface area (Å²) in [6, 6.07) is 9.73. The minimum absolute atomic E-state index is 0.00350. The highest BCUT2D eigenvalue weighted by molar-refractivity contribution is 7.57. The number of benzene rings is 1. The minimum Gasteiger partial charge on any atom is -0.382 e. The topological polar surface area (TPSA) is 92.4 Å². The molecule has 0 bridgehead atoms. The van der Waals surface area contributed by atoms with Gasteiger partial charge in [0.15, 0.2) is 0 Å². The number of aromatic nitrogens is 1. The molecule has 0 aliphatic carbocycles. The molecule has 3 heterocycles. The molecule has 2 unspecified atom stereocenters. The standard InChI is InChI=1S/C21H27N4O3P/c1-12-5-7-18(14(3)23-12)22-11-20(29(27)25-13(2)15(4)28-29)16-6-8-19-17(9-16)10-21(26)24-19/h5-9,13,15,20,22H,10-11H2,1-4H3,(H,24,26)(H,25,27)/t13-,15-,20?,29?/m0/s1. The predicted molar refractivity (Wildman–Crippen MR) is 114 cm³/mol. The Kier molecular flexibility index (Phi) is 5.23. The summed E-state index contributed by atoms with van der Waals surface area (Å²) in [5, 5.41) is 9.47. The highest BCUT2D eigenvalue weighted by atomic mass is 31.2. The quantitative estimate of drug-likeness (QED) is 0.642. The number of nitrogens with zero attached hydrogens (tertiary/aromatic N) is 1. The molecule has 4 rings (SSSR count). The average Bonchev–Trinajstić information content (AvgIpc) is 3.14. The van der Waals surface area contributed by atoms with E-state index in [1.807, 2.05) is 58.0 Å². The lowest BCUT2D eigenvalue weighted by Crippen LogP contribution is -2.25. The molecule has 154 valence electrons. The van der Waals surface area contributed by atoms with Gasteiger partial charge in [-0.15, -0.1) is 0 Å². The summed E-state index contributed by atoms with van der Waals surface area (Å²) >= 11 is 0. The number of anilines is 2. The zero-order chi connectivity index (χ0) is 20.8. The lowest BCUT2D eigenvalue weighted by atomic mass is 10.1. The lowest BCUT2D eigenvalue weighted by molar-refractivity contribution is -0.115. The lowest BCUT2D eigenvalue weighted by Gasteiger charge is -2.25. The number of carbonyl (C=O) groups excluding carboxylic acids is 1. The van der Waals surface area contributed by atoms with Gasteiger partial charge in [0.1, 0.15) is 0 Å². The fraction of sp³-hybridized carbons (Fsp3) is 0.429. The van der Waals surface area contributed by atoms with Crippen LogP contribution in [0.1, 0.15) is 42.0 Å². The third-order valence-electron chi connectivity index (χ3n) is 5.67. The van der Waals surface area contributed by atoms with Gasteiger partial charge >= 0.3 is 0 Å². The van der Waals surface area contributed by atoms with Crippen molar-refractivity contribution >= 4 is 24.8 Å². The molecular formula is C21H27N4O3P. The van der Waals surface area contributed by atoms with Crippen LogP contribution < -0.4 is 15.7 Å². The van der Waals surface area contributed by atoms with Gasteiger partial charge in [-0.25, -0.2) is 5.09 Å². The van der Waals surface area contributed by atoms with Crippen molar-refractivity contribution in [2.24, 2.45) is 0 Å². The van der Waals surface area contributed by atoms with Crippen LogP contribution in [0.15, 0.2) is 30.3 Å². The summed E-state index contributed by atoms with van der Waals surface area (Å²) in [5.74, 6) is -0.0164. The first-order valence-corrected chi connectivity index (χ1v) is 11.6. The maximum atomic E-state index is 13.8. The fourth-order valence-electron chi connectivity index (χ4n) is 3.89. The minimum atomic E-state index is -3.15. The maximum Gasteiger partial charge on any atom is 0.279 e. The van der Waals surface area contributed by atoms with E-state index in [0.29, 0.717) is 13.0 Å². The summed E-state index contributed by atoms with van der Waals surface area (Å²) in [5.41, 5.74) is 5.01. The van der Waals surface area contributed by atoms with E-state index in [0.717, 1.165) is 33.9 Å². The van der Waals surface area contributed by atoms with Gasteiger partial charge in [0.25, 0.3) is 7.52 Å². The van der Waals surface area contributed by atoms with Gasteiger partial charge in [-0.2, -0.15) is 0 Å². The molecule has 0 saturated carbocycles. The van der Waals surface area contributed by atoms with Crippen molar-refractivity contribution in [3.63, 3.8) is 0 Å².